The van der Waals surface area contributed by atoms with E-state index in [0.29, 0.717) is 5.69 Å². The van der Waals surface area contributed by atoms with E-state index in [9.17, 15) is 13.6 Å². The molecule has 0 aliphatic rings. The number of carbonyl (C=O) groups is 1. The molecule has 20 heavy (non-hydrogen) atoms. The third-order valence-corrected chi connectivity index (χ3v) is 2.51. The van der Waals surface area contributed by atoms with Gasteiger partial charge in [0.2, 0.25) is 0 Å². The molecule has 0 bridgehead atoms. The molecule has 1 aromatic carbocycles. The third-order valence-electron chi connectivity index (χ3n) is 2.51. The number of alkyl halides is 2. The standard InChI is InChI=1S/C13H17F2N3O2/c1-3-20-13(19)11(8(2)16)18(17)10-6-4-9(5-7-10)12(14)15/h4-7,12H,3,16-17H2,1-2H3/b11-8-. The molecular weight excluding hydrogens is 268 g/mol. The quantitative estimate of drug-likeness (QED) is 0.374. The van der Waals surface area contributed by atoms with Gasteiger partial charge in [0.25, 0.3) is 6.43 Å². The summed E-state index contributed by atoms with van der Waals surface area (Å²) in [7, 11) is 0. The van der Waals surface area contributed by atoms with Gasteiger partial charge in [-0.1, -0.05) is 12.1 Å². The van der Waals surface area contributed by atoms with Gasteiger partial charge in [-0.15, -0.1) is 0 Å². The van der Waals surface area contributed by atoms with Crippen molar-refractivity contribution in [2.75, 3.05) is 11.6 Å². The van der Waals surface area contributed by atoms with Gasteiger partial charge in [0.15, 0.2) is 5.70 Å². The minimum Gasteiger partial charge on any atom is -0.461 e. The molecule has 110 valence electrons. The van der Waals surface area contributed by atoms with Gasteiger partial charge in [0.05, 0.1) is 12.3 Å². The normalized spacial score (nSPS) is 12.1. The number of ether oxygens (including phenoxy) is 1. The number of hydrogen-bond acceptors (Lipinski definition) is 5. The van der Waals surface area contributed by atoms with Crippen molar-refractivity contribution >= 4 is 11.7 Å². The maximum absolute atomic E-state index is 12.5. The van der Waals surface area contributed by atoms with Gasteiger partial charge in [-0.2, -0.15) is 0 Å². The van der Waals surface area contributed by atoms with E-state index in [0.717, 1.165) is 5.01 Å². The van der Waals surface area contributed by atoms with E-state index in [1.807, 2.05) is 0 Å². The van der Waals surface area contributed by atoms with Crippen molar-refractivity contribution < 1.29 is 18.3 Å². The molecule has 7 heteroatoms. The highest BCUT2D eigenvalue weighted by molar-refractivity contribution is 5.93. The van der Waals surface area contributed by atoms with Gasteiger partial charge in [0, 0.05) is 11.3 Å². The van der Waals surface area contributed by atoms with Gasteiger partial charge < -0.3 is 10.5 Å². The lowest BCUT2D eigenvalue weighted by Crippen LogP contribution is -2.36. The van der Waals surface area contributed by atoms with Crippen LogP contribution in [-0.2, 0) is 9.53 Å². The first-order valence-electron chi connectivity index (χ1n) is 5.94. The zero-order valence-electron chi connectivity index (χ0n) is 11.3. The lowest BCUT2D eigenvalue weighted by molar-refractivity contribution is -0.138. The predicted octanol–water partition coefficient (Wildman–Crippen LogP) is 2.06. The van der Waals surface area contributed by atoms with Crippen LogP contribution in [0.1, 0.15) is 25.8 Å². The first kappa shape index (κ1) is 15.9. The molecule has 5 nitrogen and oxygen atoms in total. The Morgan fingerprint density at radius 1 is 1.35 bits per heavy atom. The first-order chi connectivity index (χ1) is 9.38. The fourth-order valence-electron chi connectivity index (χ4n) is 1.56. The zero-order chi connectivity index (χ0) is 15.3. The van der Waals surface area contributed by atoms with Crippen molar-refractivity contribution in [2.24, 2.45) is 11.6 Å². The van der Waals surface area contributed by atoms with E-state index in [-0.39, 0.29) is 23.6 Å². The molecule has 1 rings (SSSR count). The fourth-order valence-corrected chi connectivity index (χ4v) is 1.56. The number of rotatable bonds is 5. The first-order valence-corrected chi connectivity index (χ1v) is 5.94. The Morgan fingerprint density at radius 2 is 1.90 bits per heavy atom. The number of nitrogens with zero attached hydrogens (tertiary/aromatic N) is 1. The molecule has 0 aliphatic heterocycles. The summed E-state index contributed by atoms with van der Waals surface area (Å²) in [5.41, 5.74) is 5.98. The fraction of sp³-hybridized carbons (Fsp3) is 0.308. The van der Waals surface area contributed by atoms with Crippen molar-refractivity contribution in [1.82, 2.24) is 0 Å². The number of halogens is 2. The predicted molar refractivity (Wildman–Crippen MR) is 71.6 cm³/mol. The Balaban J connectivity index is 3.04. The highest BCUT2D eigenvalue weighted by atomic mass is 19.3. The minimum atomic E-state index is -2.56. The molecule has 0 fully saturated rings. The van der Waals surface area contributed by atoms with Gasteiger partial charge in [0.1, 0.15) is 0 Å². The number of anilines is 1. The van der Waals surface area contributed by atoms with Crippen LogP contribution in [0.4, 0.5) is 14.5 Å². The molecule has 0 unspecified atom stereocenters. The second-order valence-electron chi connectivity index (χ2n) is 4.01. The second-order valence-corrected chi connectivity index (χ2v) is 4.01. The van der Waals surface area contributed by atoms with E-state index < -0.39 is 12.4 Å². The lowest BCUT2D eigenvalue weighted by atomic mass is 10.2. The van der Waals surface area contributed by atoms with Gasteiger partial charge in [-0.25, -0.2) is 19.4 Å². The summed E-state index contributed by atoms with van der Waals surface area (Å²) in [6.07, 6.45) is -2.56. The van der Waals surface area contributed by atoms with E-state index in [1.54, 1.807) is 6.92 Å². The molecule has 0 spiro atoms. The van der Waals surface area contributed by atoms with Gasteiger partial charge in [-0.05, 0) is 26.0 Å². The number of hydrazine groups is 1. The largest absolute Gasteiger partial charge is 0.461 e. The van der Waals surface area contributed by atoms with Crippen LogP contribution in [0.15, 0.2) is 35.7 Å². The van der Waals surface area contributed by atoms with E-state index >= 15 is 0 Å². The average Bonchev–Trinajstić information content (AvgIpc) is 2.38. The smallest absolute Gasteiger partial charge is 0.358 e. The molecule has 0 saturated heterocycles. The van der Waals surface area contributed by atoms with Crippen LogP contribution in [0.25, 0.3) is 0 Å². The lowest BCUT2D eigenvalue weighted by Gasteiger charge is -2.22. The third kappa shape index (κ3) is 3.67. The molecular formula is C13H17F2N3O2. The summed E-state index contributed by atoms with van der Waals surface area (Å²) in [5.74, 6) is 5.13. The minimum absolute atomic E-state index is 0.0309. The Hall–Kier alpha value is -2.15. The molecule has 0 aromatic heterocycles. The summed E-state index contributed by atoms with van der Waals surface area (Å²) < 4.78 is 29.8. The highest BCUT2D eigenvalue weighted by Crippen LogP contribution is 2.23. The second kappa shape index (κ2) is 6.85. The number of carbonyl (C=O) groups excluding carboxylic acids is 1. The summed E-state index contributed by atoms with van der Waals surface area (Å²) in [5, 5.41) is 1.02. The Bertz CT molecular complexity index is 497. The Morgan fingerprint density at radius 3 is 2.30 bits per heavy atom. The van der Waals surface area contributed by atoms with Crippen LogP contribution >= 0.6 is 0 Å². The van der Waals surface area contributed by atoms with Gasteiger partial charge in [-0.3, -0.25) is 5.01 Å². The average molecular weight is 285 g/mol. The molecule has 0 aliphatic carbocycles. The maximum Gasteiger partial charge on any atom is 0.358 e. The van der Waals surface area contributed by atoms with Crippen LogP contribution in [0, 0.1) is 0 Å². The summed E-state index contributed by atoms with van der Waals surface area (Å²) in [6, 6.07) is 5.22. The molecule has 1 aromatic rings. The molecule has 0 radical (unpaired) electrons. The van der Waals surface area contributed by atoms with Crippen molar-refractivity contribution in [1.29, 1.82) is 0 Å². The summed E-state index contributed by atoms with van der Waals surface area (Å²) in [6.45, 7) is 3.33. The van der Waals surface area contributed by atoms with Crippen LogP contribution < -0.4 is 16.6 Å². The number of benzene rings is 1. The SMILES string of the molecule is CCOC(=O)/C(=C(\C)N)N(N)c1ccc(C(F)F)cc1. The number of hydrogen-bond donors (Lipinski definition) is 2. The van der Waals surface area contributed by atoms with Crippen LogP contribution in [0.2, 0.25) is 0 Å². The van der Waals surface area contributed by atoms with Crippen LogP contribution in [-0.4, -0.2) is 12.6 Å². The molecule has 0 atom stereocenters. The van der Waals surface area contributed by atoms with Crippen LogP contribution in [0.5, 0.6) is 0 Å². The zero-order valence-corrected chi connectivity index (χ0v) is 11.3. The number of allylic oxidation sites excluding steroid dienone is 1. The summed E-state index contributed by atoms with van der Waals surface area (Å²) in [4.78, 5) is 11.8. The summed E-state index contributed by atoms with van der Waals surface area (Å²) >= 11 is 0. The molecule has 0 saturated carbocycles. The Labute approximate surface area is 115 Å². The van der Waals surface area contributed by atoms with E-state index in [4.69, 9.17) is 16.3 Å². The molecule has 4 N–H and O–H groups in total. The van der Waals surface area contributed by atoms with E-state index in [1.165, 1.54) is 31.2 Å². The highest BCUT2D eigenvalue weighted by Gasteiger charge is 2.20. The monoisotopic (exact) mass is 285 g/mol. The van der Waals surface area contributed by atoms with Crippen molar-refractivity contribution in [3.8, 4) is 0 Å². The van der Waals surface area contributed by atoms with E-state index in [2.05, 4.69) is 0 Å². The molecule has 0 heterocycles. The van der Waals surface area contributed by atoms with Gasteiger partial charge >= 0.3 is 5.97 Å². The van der Waals surface area contributed by atoms with Crippen LogP contribution in [0.3, 0.4) is 0 Å². The Kier molecular flexibility index (Phi) is 5.45. The number of esters is 1. The maximum atomic E-state index is 12.5. The van der Waals surface area contributed by atoms with Crippen molar-refractivity contribution in [3.63, 3.8) is 0 Å². The van der Waals surface area contributed by atoms with Crippen molar-refractivity contribution in [3.05, 3.63) is 41.2 Å². The van der Waals surface area contributed by atoms with Crippen molar-refractivity contribution in [2.45, 2.75) is 20.3 Å². The molecule has 0 amide bonds. The topological polar surface area (TPSA) is 81.6 Å². The number of nitrogens with two attached hydrogens (primary N) is 2.